The van der Waals surface area contributed by atoms with Crippen LogP contribution in [0.25, 0.3) is 0 Å². The maximum absolute atomic E-state index is 12.3. The highest BCUT2D eigenvalue weighted by atomic mass is 16.2. The number of allylic oxidation sites excluding steroid dienone is 1. The lowest BCUT2D eigenvalue weighted by Gasteiger charge is -2.38. The summed E-state index contributed by atoms with van der Waals surface area (Å²) in [6, 6.07) is 0. The van der Waals surface area contributed by atoms with E-state index in [-0.39, 0.29) is 16.9 Å². The summed E-state index contributed by atoms with van der Waals surface area (Å²) in [4.78, 5) is 12.3. The van der Waals surface area contributed by atoms with E-state index in [4.69, 9.17) is 0 Å². The third-order valence-electron chi connectivity index (χ3n) is 3.39. The van der Waals surface area contributed by atoms with Gasteiger partial charge in [0.05, 0.1) is 0 Å². The number of carbonyl (C=O) groups is 1. The van der Waals surface area contributed by atoms with Crippen molar-refractivity contribution in [1.82, 2.24) is 5.32 Å². The predicted octanol–water partition coefficient (Wildman–Crippen LogP) is 3.28. The van der Waals surface area contributed by atoms with Gasteiger partial charge in [-0.3, -0.25) is 4.79 Å². The number of nitrogens with one attached hydrogen (secondary N) is 1. The molecule has 2 atom stereocenters. The van der Waals surface area contributed by atoms with Gasteiger partial charge in [0.1, 0.15) is 0 Å². The topological polar surface area (TPSA) is 29.1 Å². The lowest BCUT2D eigenvalue weighted by Crippen LogP contribution is -2.49. The largest absolute Gasteiger partial charge is 0.351 e. The van der Waals surface area contributed by atoms with Crippen molar-refractivity contribution in [2.45, 2.75) is 58.9 Å². The van der Waals surface area contributed by atoms with Crippen molar-refractivity contribution >= 4 is 5.91 Å². The average molecular weight is 223 g/mol. The molecule has 1 saturated carbocycles. The molecule has 2 heteroatoms. The zero-order valence-corrected chi connectivity index (χ0v) is 11.1. The first-order valence-corrected chi connectivity index (χ1v) is 6.22. The van der Waals surface area contributed by atoms with Gasteiger partial charge in [0.25, 0.3) is 0 Å². The molecule has 1 aliphatic rings. The van der Waals surface area contributed by atoms with E-state index in [2.05, 4.69) is 18.8 Å². The van der Waals surface area contributed by atoms with E-state index in [0.29, 0.717) is 5.92 Å². The SMILES string of the molecule is C=CC1CCCC(C)(C(=O)NC(C)(C)C)C1. The number of amides is 1. The molecule has 1 N–H and O–H groups in total. The van der Waals surface area contributed by atoms with Gasteiger partial charge in [-0.2, -0.15) is 0 Å². The molecule has 0 aromatic heterocycles. The number of carbonyl (C=O) groups excluding carboxylic acids is 1. The van der Waals surface area contributed by atoms with Crippen LogP contribution in [0.15, 0.2) is 12.7 Å². The zero-order valence-electron chi connectivity index (χ0n) is 11.1. The van der Waals surface area contributed by atoms with Gasteiger partial charge in [-0.1, -0.05) is 19.4 Å². The van der Waals surface area contributed by atoms with Crippen LogP contribution >= 0.6 is 0 Å². The zero-order chi connectivity index (χ0) is 12.4. The Morgan fingerprint density at radius 2 is 2.12 bits per heavy atom. The second-order valence-corrected chi connectivity index (χ2v) is 6.36. The van der Waals surface area contributed by atoms with Crippen molar-refractivity contribution in [2.75, 3.05) is 0 Å². The van der Waals surface area contributed by atoms with Crippen molar-refractivity contribution in [3.05, 3.63) is 12.7 Å². The fourth-order valence-electron chi connectivity index (χ4n) is 2.44. The van der Waals surface area contributed by atoms with E-state index in [1.165, 1.54) is 6.42 Å². The van der Waals surface area contributed by atoms with Gasteiger partial charge in [0.2, 0.25) is 5.91 Å². The first-order chi connectivity index (χ1) is 7.27. The molecule has 16 heavy (non-hydrogen) atoms. The Hall–Kier alpha value is -0.790. The minimum Gasteiger partial charge on any atom is -0.351 e. The van der Waals surface area contributed by atoms with Crippen molar-refractivity contribution in [3.8, 4) is 0 Å². The summed E-state index contributed by atoms with van der Waals surface area (Å²) >= 11 is 0. The summed E-state index contributed by atoms with van der Waals surface area (Å²) in [7, 11) is 0. The van der Waals surface area contributed by atoms with Crippen LogP contribution in [0.2, 0.25) is 0 Å². The molecule has 1 fully saturated rings. The molecule has 92 valence electrons. The number of rotatable bonds is 2. The van der Waals surface area contributed by atoms with Crippen molar-refractivity contribution < 1.29 is 4.79 Å². The third-order valence-corrected chi connectivity index (χ3v) is 3.39. The quantitative estimate of drug-likeness (QED) is 0.715. The number of hydrogen-bond donors (Lipinski definition) is 1. The molecule has 1 amide bonds. The lowest BCUT2D eigenvalue weighted by molar-refractivity contribution is -0.134. The summed E-state index contributed by atoms with van der Waals surface area (Å²) in [5.74, 6) is 0.705. The van der Waals surface area contributed by atoms with Gasteiger partial charge in [0.15, 0.2) is 0 Å². The van der Waals surface area contributed by atoms with Gasteiger partial charge >= 0.3 is 0 Å². The minimum atomic E-state index is -0.204. The van der Waals surface area contributed by atoms with Crippen LogP contribution in [0, 0.1) is 11.3 Å². The van der Waals surface area contributed by atoms with E-state index < -0.39 is 0 Å². The van der Waals surface area contributed by atoms with Crippen LogP contribution in [0.4, 0.5) is 0 Å². The van der Waals surface area contributed by atoms with E-state index in [0.717, 1.165) is 19.3 Å². The summed E-state index contributed by atoms with van der Waals surface area (Å²) in [5, 5.41) is 3.10. The second-order valence-electron chi connectivity index (χ2n) is 6.36. The molecular weight excluding hydrogens is 198 g/mol. The summed E-state index contributed by atoms with van der Waals surface area (Å²) in [5.41, 5.74) is -0.342. The number of hydrogen-bond acceptors (Lipinski definition) is 1. The first-order valence-electron chi connectivity index (χ1n) is 6.22. The molecule has 0 spiro atoms. The Bertz CT molecular complexity index is 277. The van der Waals surface area contributed by atoms with Crippen LogP contribution in [0.5, 0.6) is 0 Å². The Kier molecular flexibility index (Phi) is 3.82. The molecule has 0 aromatic carbocycles. The summed E-state index contributed by atoms with van der Waals surface area (Å²) in [6.07, 6.45) is 6.26. The average Bonchev–Trinajstić information content (AvgIpc) is 2.15. The maximum atomic E-state index is 12.3. The minimum absolute atomic E-state index is 0.138. The van der Waals surface area contributed by atoms with Gasteiger partial charge in [-0.15, -0.1) is 6.58 Å². The fraction of sp³-hybridized carbons (Fsp3) is 0.786. The van der Waals surface area contributed by atoms with Gasteiger partial charge < -0.3 is 5.32 Å². The van der Waals surface area contributed by atoms with E-state index in [9.17, 15) is 4.79 Å². The maximum Gasteiger partial charge on any atom is 0.226 e. The van der Waals surface area contributed by atoms with Gasteiger partial charge in [-0.25, -0.2) is 0 Å². The molecule has 0 bridgehead atoms. The Morgan fingerprint density at radius 1 is 1.50 bits per heavy atom. The lowest BCUT2D eigenvalue weighted by atomic mass is 9.70. The molecule has 0 aliphatic heterocycles. The van der Waals surface area contributed by atoms with E-state index in [1.807, 2.05) is 26.8 Å². The highest BCUT2D eigenvalue weighted by molar-refractivity contribution is 5.83. The Balaban J connectivity index is 2.69. The summed E-state index contributed by atoms with van der Waals surface area (Å²) in [6.45, 7) is 12.0. The predicted molar refractivity (Wildman–Crippen MR) is 68.2 cm³/mol. The molecule has 2 unspecified atom stereocenters. The van der Waals surface area contributed by atoms with Crippen molar-refractivity contribution in [2.24, 2.45) is 11.3 Å². The highest BCUT2D eigenvalue weighted by Gasteiger charge is 2.38. The molecule has 0 radical (unpaired) electrons. The molecular formula is C14H25NO. The van der Waals surface area contributed by atoms with Gasteiger partial charge in [-0.05, 0) is 46.0 Å². The third kappa shape index (κ3) is 3.36. The molecule has 0 saturated heterocycles. The molecule has 1 aliphatic carbocycles. The van der Waals surface area contributed by atoms with E-state index >= 15 is 0 Å². The Morgan fingerprint density at radius 3 is 2.62 bits per heavy atom. The molecule has 0 heterocycles. The highest BCUT2D eigenvalue weighted by Crippen LogP contribution is 2.40. The fourth-order valence-corrected chi connectivity index (χ4v) is 2.44. The van der Waals surface area contributed by atoms with Crippen LogP contribution in [-0.4, -0.2) is 11.4 Å². The Labute approximate surface area is 99.5 Å². The first kappa shape index (κ1) is 13.3. The van der Waals surface area contributed by atoms with Crippen molar-refractivity contribution in [1.29, 1.82) is 0 Å². The second kappa shape index (κ2) is 4.60. The summed E-state index contributed by atoms with van der Waals surface area (Å²) < 4.78 is 0. The van der Waals surface area contributed by atoms with Crippen LogP contribution in [-0.2, 0) is 4.79 Å². The standard InChI is InChI=1S/C14H25NO/c1-6-11-8-7-9-14(5,10-11)12(16)15-13(2,3)4/h6,11H,1,7-10H2,2-5H3,(H,15,16). The van der Waals surface area contributed by atoms with Crippen LogP contribution in [0.1, 0.15) is 53.4 Å². The molecule has 1 rings (SSSR count). The van der Waals surface area contributed by atoms with Crippen LogP contribution < -0.4 is 5.32 Å². The van der Waals surface area contributed by atoms with E-state index in [1.54, 1.807) is 0 Å². The molecule has 2 nitrogen and oxygen atoms in total. The smallest absolute Gasteiger partial charge is 0.226 e. The normalized spacial score (nSPS) is 30.9. The van der Waals surface area contributed by atoms with Crippen LogP contribution in [0.3, 0.4) is 0 Å². The molecule has 0 aromatic rings. The van der Waals surface area contributed by atoms with Gasteiger partial charge in [0, 0.05) is 11.0 Å². The van der Waals surface area contributed by atoms with Crippen molar-refractivity contribution in [3.63, 3.8) is 0 Å². The monoisotopic (exact) mass is 223 g/mol.